The summed E-state index contributed by atoms with van der Waals surface area (Å²) in [6.07, 6.45) is 2.45. The lowest BCUT2D eigenvalue weighted by Gasteiger charge is -2.25. The molecule has 1 saturated heterocycles. The molecule has 0 aliphatic carbocycles. The summed E-state index contributed by atoms with van der Waals surface area (Å²) >= 11 is 0. The Bertz CT molecular complexity index is 832. The second-order valence-corrected chi connectivity index (χ2v) is 9.38. The minimum atomic E-state index is -3.43. The summed E-state index contributed by atoms with van der Waals surface area (Å²) in [6.45, 7) is 3.18. The number of nitrogens with zero attached hydrogens (tertiary/aromatic N) is 2. The predicted molar refractivity (Wildman–Crippen MR) is 107 cm³/mol. The molecule has 5 nitrogen and oxygen atoms in total. The number of hydrogen-bond acceptors (Lipinski definition) is 4. The second-order valence-electron chi connectivity index (χ2n) is 7.23. The van der Waals surface area contributed by atoms with Crippen LogP contribution in [0, 0.1) is 0 Å². The van der Waals surface area contributed by atoms with Crippen molar-refractivity contribution in [2.45, 2.75) is 36.9 Å². The summed E-state index contributed by atoms with van der Waals surface area (Å²) < 4.78 is 31.9. The molecule has 0 amide bonds. The van der Waals surface area contributed by atoms with Gasteiger partial charge in [-0.25, -0.2) is 12.7 Å². The summed E-state index contributed by atoms with van der Waals surface area (Å²) in [7, 11) is -0.313. The third kappa shape index (κ3) is 5.39. The SMILES string of the molecule is CN(C)S(=O)(=O)c1cccc(CN(Cc2ccccc2)CC2CCCO2)c1. The third-order valence-electron chi connectivity index (χ3n) is 4.82. The minimum Gasteiger partial charge on any atom is -0.377 e. The van der Waals surface area contributed by atoms with Gasteiger partial charge in [-0.2, -0.15) is 0 Å². The van der Waals surface area contributed by atoms with Gasteiger partial charge < -0.3 is 4.74 Å². The van der Waals surface area contributed by atoms with Gasteiger partial charge in [-0.15, -0.1) is 0 Å². The van der Waals surface area contributed by atoms with Crippen molar-refractivity contribution in [1.82, 2.24) is 9.21 Å². The highest BCUT2D eigenvalue weighted by atomic mass is 32.2. The van der Waals surface area contributed by atoms with E-state index >= 15 is 0 Å². The Morgan fingerprint density at radius 1 is 1.00 bits per heavy atom. The molecule has 3 rings (SSSR count). The van der Waals surface area contributed by atoms with Crippen LogP contribution in [-0.2, 0) is 27.8 Å². The molecule has 0 saturated carbocycles. The number of ether oxygens (including phenoxy) is 1. The number of hydrogen-bond donors (Lipinski definition) is 0. The first-order valence-corrected chi connectivity index (χ1v) is 10.8. The average Bonchev–Trinajstić information content (AvgIpc) is 3.15. The fourth-order valence-electron chi connectivity index (χ4n) is 3.38. The van der Waals surface area contributed by atoms with Crippen LogP contribution in [0.1, 0.15) is 24.0 Å². The Hall–Kier alpha value is -1.73. The molecule has 1 heterocycles. The quantitative estimate of drug-likeness (QED) is 0.697. The first-order valence-electron chi connectivity index (χ1n) is 9.34. The lowest BCUT2D eigenvalue weighted by Crippen LogP contribution is -2.31. The molecule has 2 aromatic carbocycles. The van der Waals surface area contributed by atoms with E-state index in [2.05, 4.69) is 17.0 Å². The van der Waals surface area contributed by atoms with Crippen molar-refractivity contribution in [3.05, 3.63) is 65.7 Å². The Kier molecular flexibility index (Phi) is 6.65. The van der Waals surface area contributed by atoms with Crippen LogP contribution in [0.4, 0.5) is 0 Å². The lowest BCUT2D eigenvalue weighted by atomic mass is 10.1. The Labute approximate surface area is 162 Å². The summed E-state index contributed by atoms with van der Waals surface area (Å²) in [4.78, 5) is 2.67. The van der Waals surface area contributed by atoms with Crippen molar-refractivity contribution in [2.24, 2.45) is 0 Å². The van der Waals surface area contributed by atoms with Gasteiger partial charge in [0.25, 0.3) is 0 Å². The van der Waals surface area contributed by atoms with Gasteiger partial charge in [0.1, 0.15) is 0 Å². The number of sulfonamides is 1. The van der Waals surface area contributed by atoms with Gasteiger partial charge in [0.2, 0.25) is 10.0 Å². The molecule has 0 radical (unpaired) electrons. The van der Waals surface area contributed by atoms with Crippen LogP contribution in [0.5, 0.6) is 0 Å². The molecule has 1 fully saturated rings. The fourth-order valence-corrected chi connectivity index (χ4v) is 4.35. The van der Waals surface area contributed by atoms with Crippen LogP contribution in [0.3, 0.4) is 0 Å². The molecule has 1 aliphatic heterocycles. The van der Waals surface area contributed by atoms with Crippen molar-refractivity contribution < 1.29 is 13.2 Å². The average molecular weight is 389 g/mol. The van der Waals surface area contributed by atoms with E-state index in [1.165, 1.54) is 9.87 Å². The summed E-state index contributed by atoms with van der Waals surface area (Å²) in [5.74, 6) is 0. The Morgan fingerprint density at radius 2 is 1.70 bits per heavy atom. The summed E-state index contributed by atoms with van der Waals surface area (Å²) in [5, 5.41) is 0. The van der Waals surface area contributed by atoms with E-state index < -0.39 is 10.0 Å². The molecule has 2 aromatic rings. The number of benzene rings is 2. The minimum absolute atomic E-state index is 0.252. The Morgan fingerprint density at radius 3 is 2.37 bits per heavy atom. The maximum atomic E-state index is 12.4. The third-order valence-corrected chi connectivity index (χ3v) is 6.63. The fraction of sp³-hybridized carbons (Fsp3) is 0.429. The predicted octanol–water partition coefficient (Wildman–Crippen LogP) is 3.12. The van der Waals surface area contributed by atoms with E-state index in [4.69, 9.17) is 4.74 Å². The monoisotopic (exact) mass is 388 g/mol. The molecule has 27 heavy (non-hydrogen) atoms. The van der Waals surface area contributed by atoms with Gasteiger partial charge in [-0.3, -0.25) is 4.90 Å². The molecule has 1 atom stereocenters. The molecule has 1 aliphatic rings. The second kappa shape index (κ2) is 8.97. The highest BCUT2D eigenvalue weighted by Crippen LogP contribution is 2.20. The highest BCUT2D eigenvalue weighted by Gasteiger charge is 2.21. The Balaban J connectivity index is 1.78. The summed E-state index contributed by atoms with van der Waals surface area (Å²) in [6, 6.07) is 17.6. The maximum Gasteiger partial charge on any atom is 0.242 e. The van der Waals surface area contributed by atoms with Crippen molar-refractivity contribution in [2.75, 3.05) is 27.2 Å². The highest BCUT2D eigenvalue weighted by molar-refractivity contribution is 7.89. The van der Waals surface area contributed by atoms with E-state index in [-0.39, 0.29) is 6.10 Å². The zero-order chi connectivity index (χ0) is 19.3. The van der Waals surface area contributed by atoms with Crippen molar-refractivity contribution in [3.8, 4) is 0 Å². The van der Waals surface area contributed by atoms with Gasteiger partial charge in [0.15, 0.2) is 0 Å². The van der Waals surface area contributed by atoms with Gasteiger partial charge >= 0.3 is 0 Å². The van der Waals surface area contributed by atoms with Crippen LogP contribution in [0.15, 0.2) is 59.5 Å². The van der Waals surface area contributed by atoms with E-state index in [0.717, 1.165) is 38.1 Å². The van der Waals surface area contributed by atoms with Crippen LogP contribution >= 0.6 is 0 Å². The first kappa shape index (κ1) is 20.0. The van der Waals surface area contributed by atoms with Gasteiger partial charge in [0, 0.05) is 40.3 Å². The topological polar surface area (TPSA) is 49.9 Å². The molecular weight excluding hydrogens is 360 g/mol. The molecule has 0 spiro atoms. The van der Waals surface area contributed by atoms with Gasteiger partial charge in [-0.1, -0.05) is 42.5 Å². The van der Waals surface area contributed by atoms with E-state index in [0.29, 0.717) is 11.4 Å². The molecule has 0 aromatic heterocycles. The van der Waals surface area contributed by atoms with E-state index in [1.807, 2.05) is 30.3 Å². The standard InChI is InChI=1S/C21H28N2O3S/c1-22(2)27(24,25)21-12-6-10-19(14-21)16-23(17-20-11-7-13-26-20)15-18-8-4-3-5-9-18/h3-6,8-10,12,14,20H,7,11,13,15-17H2,1-2H3. The van der Waals surface area contributed by atoms with E-state index in [1.54, 1.807) is 26.2 Å². The van der Waals surface area contributed by atoms with Crippen LogP contribution < -0.4 is 0 Å². The molecule has 0 N–H and O–H groups in total. The summed E-state index contributed by atoms with van der Waals surface area (Å²) in [5.41, 5.74) is 2.24. The van der Waals surface area contributed by atoms with Crippen LogP contribution in [0.2, 0.25) is 0 Å². The molecule has 1 unspecified atom stereocenters. The largest absolute Gasteiger partial charge is 0.377 e. The normalized spacial score (nSPS) is 17.7. The van der Waals surface area contributed by atoms with Gasteiger partial charge in [0.05, 0.1) is 11.0 Å². The van der Waals surface area contributed by atoms with Crippen LogP contribution in [-0.4, -0.2) is 51.0 Å². The van der Waals surface area contributed by atoms with Gasteiger partial charge in [-0.05, 0) is 36.1 Å². The van der Waals surface area contributed by atoms with Crippen molar-refractivity contribution in [3.63, 3.8) is 0 Å². The zero-order valence-corrected chi connectivity index (χ0v) is 16.9. The molecular formula is C21H28N2O3S. The first-order chi connectivity index (χ1) is 12.9. The zero-order valence-electron chi connectivity index (χ0n) is 16.0. The van der Waals surface area contributed by atoms with Crippen LogP contribution in [0.25, 0.3) is 0 Å². The molecule has 146 valence electrons. The molecule has 0 bridgehead atoms. The maximum absolute atomic E-state index is 12.4. The van der Waals surface area contributed by atoms with Crippen molar-refractivity contribution in [1.29, 1.82) is 0 Å². The van der Waals surface area contributed by atoms with Crippen molar-refractivity contribution >= 4 is 10.0 Å². The number of rotatable bonds is 8. The molecule has 6 heteroatoms. The smallest absolute Gasteiger partial charge is 0.242 e. The lowest BCUT2D eigenvalue weighted by molar-refractivity contribution is 0.0679. The van der Waals surface area contributed by atoms with E-state index in [9.17, 15) is 8.42 Å².